The first kappa shape index (κ1) is 13.5. The van der Waals surface area contributed by atoms with E-state index in [1.807, 2.05) is 31.3 Å². The molecule has 1 heterocycles. The molecule has 0 aliphatic heterocycles. The molecule has 5 nitrogen and oxygen atoms in total. The normalized spacial score (nSPS) is 10.7. The van der Waals surface area contributed by atoms with E-state index < -0.39 is 0 Å². The molecule has 0 aliphatic carbocycles. The third kappa shape index (κ3) is 3.79. The first-order valence-corrected chi connectivity index (χ1v) is 6.47. The summed E-state index contributed by atoms with van der Waals surface area (Å²) in [6.45, 7) is 3.22. The number of ether oxygens (including phenoxy) is 1. The Morgan fingerprint density at radius 3 is 2.63 bits per heavy atom. The van der Waals surface area contributed by atoms with E-state index in [2.05, 4.69) is 17.0 Å². The van der Waals surface area contributed by atoms with E-state index in [1.165, 1.54) is 5.56 Å². The molecule has 2 N–H and O–H groups in total. The van der Waals surface area contributed by atoms with E-state index in [9.17, 15) is 0 Å². The van der Waals surface area contributed by atoms with Gasteiger partial charge in [0.1, 0.15) is 11.6 Å². The molecule has 0 aliphatic rings. The van der Waals surface area contributed by atoms with Gasteiger partial charge >= 0.3 is 0 Å². The predicted molar refractivity (Wildman–Crippen MR) is 74.1 cm³/mol. The number of rotatable bonds is 6. The Bertz CT molecular complexity index is 519. The second kappa shape index (κ2) is 6.33. The van der Waals surface area contributed by atoms with Gasteiger partial charge in [-0.3, -0.25) is 4.68 Å². The minimum absolute atomic E-state index is 0.579. The zero-order chi connectivity index (χ0) is 13.7. The molecule has 1 aromatic carbocycles. The maximum absolute atomic E-state index is 5.66. The Kier molecular flexibility index (Phi) is 4.52. The van der Waals surface area contributed by atoms with Crippen molar-refractivity contribution in [2.45, 2.75) is 19.8 Å². The number of nitrogens with two attached hydrogens (primary N) is 1. The fourth-order valence-corrected chi connectivity index (χ4v) is 1.82. The van der Waals surface area contributed by atoms with E-state index in [0.29, 0.717) is 19.6 Å². The molecule has 1 aromatic heterocycles. The Labute approximate surface area is 113 Å². The van der Waals surface area contributed by atoms with Gasteiger partial charge in [0, 0.05) is 19.9 Å². The number of nitrogens with zero attached hydrogens (tertiary/aromatic N) is 3. The van der Waals surface area contributed by atoms with Crippen LogP contribution in [0, 0.1) is 6.92 Å². The number of aryl methyl sites for hydroxylation is 2. The Morgan fingerprint density at radius 2 is 1.95 bits per heavy atom. The molecule has 0 fully saturated rings. The first-order chi connectivity index (χ1) is 9.19. The lowest BCUT2D eigenvalue weighted by Crippen LogP contribution is -2.08. The summed E-state index contributed by atoms with van der Waals surface area (Å²) in [6, 6.07) is 8.02. The van der Waals surface area contributed by atoms with E-state index in [-0.39, 0.29) is 0 Å². The molecule has 0 radical (unpaired) electrons. The van der Waals surface area contributed by atoms with E-state index in [1.54, 1.807) is 4.68 Å². The highest BCUT2D eigenvalue weighted by atomic mass is 16.5. The van der Waals surface area contributed by atoms with Crippen LogP contribution in [0.5, 0.6) is 5.75 Å². The zero-order valence-electron chi connectivity index (χ0n) is 11.5. The third-order valence-electron chi connectivity index (χ3n) is 2.88. The lowest BCUT2D eigenvalue weighted by atomic mass is 10.2. The lowest BCUT2D eigenvalue weighted by molar-refractivity contribution is 0.318. The summed E-state index contributed by atoms with van der Waals surface area (Å²) in [7, 11) is 1.89. The molecule has 102 valence electrons. The number of aromatic nitrogens is 3. The van der Waals surface area contributed by atoms with Crippen molar-refractivity contribution in [2.75, 3.05) is 13.2 Å². The van der Waals surface area contributed by atoms with Gasteiger partial charge in [0.2, 0.25) is 0 Å². The van der Waals surface area contributed by atoms with Gasteiger partial charge in [-0.15, -0.1) is 0 Å². The second-order valence-electron chi connectivity index (χ2n) is 4.52. The van der Waals surface area contributed by atoms with Crippen molar-refractivity contribution < 1.29 is 4.74 Å². The van der Waals surface area contributed by atoms with Crippen molar-refractivity contribution in [3.63, 3.8) is 0 Å². The van der Waals surface area contributed by atoms with Crippen LogP contribution in [-0.4, -0.2) is 27.9 Å². The molecule has 0 unspecified atom stereocenters. The van der Waals surface area contributed by atoms with Crippen molar-refractivity contribution in [1.29, 1.82) is 0 Å². The van der Waals surface area contributed by atoms with Crippen molar-refractivity contribution in [1.82, 2.24) is 14.8 Å². The van der Waals surface area contributed by atoms with Gasteiger partial charge in [0.05, 0.1) is 6.61 Å². The summed E-state index contributed by atoms with van der Waals surface area (Å²) in [6.07, 6.45) is 1.45. The lowest BCUT2D eigenvalue weighted by Gasteiger charge is -2.04. The van der Waals surface area contributed by atoms with Crippen molar-refractivity contribution in [2.24, 2.45) is 12.8 Å². The van der Waals surface area contributed by atoms with Crippen LogP contribution in [0.15, 0.2) is 24.3 Å². The molecule has 2 rings (SSSR count). The number of hydrogen-bond acceptors (Lipinski definition) is 4. The fraction of sp³-hybridized carbons (Fsp3) is 0.429. The molecule has 0 bridgehead atoms. The Balaban J connectivity index is 1.85. The minimum Gasteiger partial charge on any atom is -0.493 e. The van der Waals surface area contributed by atoms with Gasteiger partial charge in [0.25, 0.3) is 0 Å². The van der Waals surface area contributed by atoms with E-state index >= 15 is 0 Å². The third-order valence-corrected chi connectivity index (χ3v) is 2.88. The fourth-order valence-electron chi connectivity index (χ4n) is 1.82. The van der Waals surface area contributed by atoms with Gasteiger partial charge in [-0.1, -0.05) is 17.7 Å². The summed E-state index contributed by atoms with van der Waals surface area (Å²) in [5, 5.41) is 4.34. The van der Waals surface area contributed by atoms with Gasteiger partial charge in [-0.05, 0) is 25.6 Å². The van der Waals surface area contributed by atoms with Crippen LogP contribution in [0.2, 0.25) is 0 Å². The quantitative estimate of drug-likeness (QED) is 0.848. The van der Waals surface area contributed by atoms with Crippen LogP contribution in [0.3, 0.4) is 0 Å². The van der Waals surface area contributed by atoms with Gasteiger partial charge in [-0.25, -0.2) is 4.98 Å². The van der Waals surface area contributed by atoms with Gasteiger partial charge < -0.3 is 10.5 Å². The predicted octanol–water partition coefficient (Wildman–Crippen LogP) is 1.25. The highest BCUT2D eigenvalue weighted by Gasteiger charge is 2.06. The van der Waals surface area contributed by atoms with Gasteiger partial charge in [-0.2, -0.15) is 5.10 Å². The van der Waals surface area contributed by atoms with Crippen LogP contribution in [0.4, 0.5) is 0 Å². The smallest absolute Gasteiger partial charge is 0.154 e. The SMILES string of the molecule is Cc1ccc(OCCc2nc(CCN)n(C)n2)cc1. The summed E-state index contributed by atoms with van der Waals surface area (Å²) >= 11 is 0. The standard InChI is InChI=1S/C14H20N4O/c1-11-3-5-12(6-4-11)19-10-8-13-16-14(7-9-15)18(2)17-13/h3-6H,7-10,15H2,1-2H3. The van der Waals surface area contributed by atoms with Gasteiger partial charge in [0.15, 0.2) is 5.82 Å². The monoisotopic (exact) mass is 260 g/mol. The zero-order valence-corrected chi connectivity index (χ0v) is 11.5. The first-order valence-electron chi connectivity index (χ1n) is 6.47. The average Bonchev–Trinajstić information content (AvgIpc) is 2.73. The molecular formula is C14H20N4O. The molecule has 19 heavy (non-hydrogen) atoms. The molecule has 2 aromatic rings. The topological polar surface area (TPSA) is 66.0 Å². The van der Waals surface area contributed by atoms with Crippen LogP contribution in [-0.2, 0) is 19.9 Å². The molecular weight excluding hydrogens is 240 g/mol. The largest absolute Gasteiger partial charge is 0.493 e. The van der Waals surface area contributed by atoms with Crippen LogP contribution in [0.1, 0.15) is 17.2 Å². The van der Waals surface area contributed by atoms with Crippen LogP contribution in [0.25, 0.3) is 0 Å². The van der Waals surface area contributed by atoms with Crippen LogP contribution < -0.4 is 10.5 Å². The summed E-state index contributed by atoms with van der Waals surface area (Å²) in [5.74, 6) is 2.61. The number of benzene rings is 1. The van der Waals surface area contributed by atoms with E-state index in [4.69, 9.17) is 10.5 Å². The Hall–Kier alpha value is -1.88. The van der Waals surface area contributed by atoms with Crippen LogP contribution >= 0.6 is 0 Å². The van der Waals surface area contributed by atoms with E-state index in [0.717, 1.165) is 23.8 Å². The molecule has 0 saturated heterocycles. The maximum Gasteiger partial charge on any atom is 0.154 e. The Morgan fingerprint density at radius 1 is 1.21 bits per heavy atom. The summed E-state index contributed by atoms with van der Waals surface area (Å²) in [5.41, 5.74) is 6.75. The highest BCUT2D eigenvalue weighted by molar-refractivity contribution is 5.26. The minimum atomic E-state index is 0.579. The van der Waals surface area contributed by atoms with Crippen molar-refractivity contribution >= 4 is 0 Å². The molecule has 0 atom stereocenters. The number of hydrogen-bond donors (Lipinski definition) is 1. The van der Waals surface area contributed by atoms with Crippen molar-refractivity contribution in [3.05, 3.63) is 41.5 Å². The summed E-state index contributed by atoms with van der Waals surface area (Å²) in [4.78, 5) is 4.44. The van der Waals surface area contributed by atoms with Crippen molar-refractivity contribution in [3.8, 4) is 5.75 Å². The molecule has 0 spiro atoms. The maximum atomic E-state index is 5.66. The molecule has 5 heteroatoms. The summed E-state index contributed by atoms with van der Waals surface area (Å²) < 4.78 is 7.45. The highest BCUT2D eigenvalue weighted by Crippen LogP contribution is 2.11. The molecule has 0 amide bonds. The molecule has 0 saturated carbocycles. The average molecular weight is 260 g/mol. The second-order valence-corrected chi connectivity index (χ2v) is 4.52.